The Kier molecular flexibility index (Phi) is 9.07. The molecule has 2 heteroatoms. The van der Waals surface area contributed by atoms with E-state index in [4.69, 9.17) is 0 Å². The molecule has 76 valence electrons. The summed E-state index contributed by atoms with van der Waals surface area (Å²) in [5, 5.41) is 0. The second-order valence-electron chi connectivity index (χ2n) is 4.92. The van der Waals surface area contributed by atoms with Gasteiger partial charge in [-0.2, -0.15) is 0 Å². The Balaban J connectivity index is 0. The summed E-state index contributed by atoms with van der Waals surface area (Å²) in [5.74, 6) is 0.891. The summed E-state index contributed by atoms with van der Waals surface area (Å²) in [6.07, 6.45) is 4.25. The second-order valence-corrected chi connectivity index (χ2v) is 6.27. The van der Waals surface area contributed by atoms with E-state index in [0.717, 1.165) is 5.92 Å². The molecule has 0 radical (unpaired) electrons. The predicted octanol–water partition coefficient (Wildman–Crippen LogP) is 4.18. The van der Waals surface area contributed by atoms with E-state index in [9.17, 15) is 0 Å². The number of hydrogen-bond donors (Lipinski definition) is 0. The van der Waals surface area contributed by atoms with Crippen LogP contribution in [0.4, 0.5) is 0 Å². The van der Waals surface area contributed by atoms with Crippen LogP contribution in [0.5, 0.6) is 0 Å². The highest BCUT2D eigenvalue weighted by Gasteiger charge is 2.08. The minimum atomic E-state index is 0. The molecule has 0 aliphatic heterocycles. The fourth-order valence-electron chi connectivity index (χ4n) is 0.854. The minimum absolute atomic E-state index is 0. The van der Waals surface area contributed by atoms with Crippen molar-refractivity contribution in [3.63, 3.8) is 0 Å². The van der Waals surface area contributed by atoms with E-state index < -0.39 is 0 Å². The van der Waals surface area contributed by atoms with Gasteiger partial charge in [0.1, 0.15) is 0 Å². The molecule has 0 amide bonds. The molecule has 0 N–H and O–H groups in total. The Bertz CT molecular complexity index is 94.5. The first-order valence-corrected chi connectivity index (χ1v) is 6.04. The lowest BCUT2D eigenvalue weighted by Crippen LogP contribution is -2.07. The van der Waals surface area contributed by atoms with Gasteiger partial charge in [0.2, 0.25) is 0 Å². The maximum Gasteiger partial charge on any atom is -0.0304 e. The summed E-state index contributed by atoms with van der Waals surface area (Å²) in [7, 11) is 1.18. The summed E-state index contributed by atoms with van der Waals surface area (Å²) in [4.78, 5) is 0. The van der Waals surface area contributed by atoms with Gasteiger partial charge in [0.15, 0.2) is 0 Å². The molecule has 0 aromatic rings. The molecule has 0 fully saturated rings. The molecule has 0 heterocycles. The van der Waals surface area contributed by atoms with Crippen molar-refractivity contribution < 1.29 is 0 Å². The molecule has 1 unspecified atom stereocenters. The molecular formula is C10H24ClP. The molecule has 0 aliphatic rings. The van der Waals surface area contributed by atoms with Crippen LogP contribution in [-0.2, 0) is 0 Å². The van der Waals surface area contributed by atoms with E-state index in [2.05, 4.69) is 34.6 Å². The molecule has 0 saturated heterocycles. The maximum atomic E-state index is 2.33. The Morgan fingerprint density at radius 1 is 1.17 bits per heavy atom. The number of halogens is 1. The average molecular weight is 211 g/mol. The van der Waals surface area contributed by atoms with Crippen molar-refractivity contribution in [1.29, 1.82) is 0 Å². The van der Waals surface area contributed by atoms with Crippen molar-refractivity contribution in [2.75, 3.05) is 12.3 Å². The Morgan fingerprint density at radius 2 is 1.67 bits per heavy atom. The largest absolute Gasteiger partial charge is 0.147 e. The van der Waals surface area contributed by atoms with E-state index in [0.29, 0.717) is 5.41 Å². The van der Waals surface area contributed by atoms with E-state index in [1.807, 2.05) is 0 Å². The predicted molar refractivity (Wildman–Crippen MR) is 64.2 cm³/mol. The van der Waals surface area contributed by atoms with Gasteiger partial charge in [-0.1, -0.05) is 34.6 Å². The second kappa shape index (κ2) is 7.15. The summed E-state index contributed by atoms with van der Waals surface area (Å²) >= 11 is 0. The summed E-state index contributed by atoms with van der Waals surface area (Å²) in [6.45, 7) is 11.6. The molecule has 0 saturated carbocycles. The van der Waals surface area contributed by atoms with Gasteiger partial charge < -0.3 is 0 Å². The molecule has 0 aromatic heterocycles. The zero-order valence-corrected chi connectivity index (χ0v) is 10.9. The molecule has 0 aromatic carbocycles. The van der Waals surface area contributed by atoms with Gasteiger partial charge in [0.05, 0.1) is 0 Å². The van der Waals surface area contributed by atoms with Gasteiger partial charge in [-0.15, -0.1) is 21.0 Å². The maximum absolute atomic E-state index is 2.33. The Labute approximate surface area is 86.1 Å². The lowest BCUT2D eigenvalue weighted by atomic mass is 10.0. The number of hydrogen-bond acceptors (Lipinski definition) is 0. The zero-order chi connectivity index (χ0) is 8.91. The highest BCUT2D eigenvalue weighted by molar-refractivity contribution is 7.38. The highest BCUT2D eigenvalue weighted by atomic mass is 35.5. The van der Waals surface area contributed by atoms with Crippen LogP contribution in [0.2, 0.25) is 0 Å². The summed E-state index contributed by atoms with van der Waals surface area (Å²) in [5.41, 5.74) is 0.551. The quantitative estimate of drug-likeness (QED) is 0.483. The SMILES string of the molecule is CC(C)CCPCC(C)(C)C.Cl. The van der Waals surface area contributed by atoms with Crippen LogP contribution >= 0.6 is 21.0 Å². The van der Waals surface area contributed by atoms with Crippen molar-refractivity contribution in [2.24, 2.45) is 11.3 Å². The molecule has 1 atom stereocenters. The van der Waals surface area contributed by atoms with Crippen molar-refractivity contribution in [1.82, 2.24) is 0 Å². The first-order valence-electron chi connectivity index (χ1n) is 4.62. The molecule has 0 aliphatic carbocycles. The van der Waals surface area contributed by atoms with Crippen LogP contribution in [0.25, 0.3) is 0 Å². The molecule has 0 nitrogen and oxygen atoms in total. The Morgan fingerprint density at radius 3 is 2.00 bits per heavy atom. The first-order chi connectivity index (χ1) is 4.92. The van der Waals surface area contributed by atoms with Crippen LogP contribution in [0, 0.1) is 11.3 Å². The lowest BCUT2D eigenvalue weighted by molar-refractivity contribution is 0.478. The third kappa shape index (κ3) is 13.3. The third-order valence-electron chi connectivity index (χ3n) is 1.55. The van der Waals surface area contributed by atoms with E-state index in [1.54, 1.807) is 0 Å². The molecule has 0 bridgehead atoms. The molecular weight excluding hydrogens is 187 g/mol. The number of rotatable bonds is 4. The zero-order valence-electron chi connectivity index (χ0n) is 9.11. The normalized spacial score (nSPS) is 12.5. The van der Waals surface area contributed by atoms with Crippen LogP contribution in [0.15, 0.2) is 0 Å². The first kappa shape index (κ1) is 15.2. The molecule has 0 spiro atoms. The highest BCUT2D eigenvalue weighted by Crippen LogP contribution is 2.26. The van der Waals surface area contributed by atoms with E-state index in [1.165, 1.54) is 27.3 Å². The van der Waals surface area contributed by atoms with Crippen molar-refractivity contribution >= 4 is 21.0 Å². The Hall–Kier alpha value is 0.720. The van der Waals surface area contributed by atoms with Crippen LogP contribution in [0.1, 0.15) is 41.0 Å². The topological polar surface area (TPSA) is 0 Å². The van der Waals surface area contributed by atoms with Crippen molar-refractivity contribution in [2.45, 2.75) is 41.0 Å². The fraction of sp³-hybridized carbons (Fsp3) is 1.00. The average Bonchev–Trinajstić information content (AvgIpc) is 1.78. The van der Waals surface area contributed by atoms with Crippen LogP contribution in [-0.4, -0.2) is 12.3 Å². The third-order valence-corrected chi connectivity index (χ3v) is 3.51. The fourth-order valence-corrected chi connectivity index (χ4v) is 2.56. The van der Waals surface area contributed by atoms with Crippen molar-refractivity contribution in [3.05, 3.63) is 0 Å². The van der Waals surface area contributed by atoms with Crippen molar-refractivity contribution in [3.8, 4) is 0 Å². The van der Waals surface area contributed by atoms with Gasteiger partial charge >= 0.3 is 0 Å². The van der Waals surface area contributed by atoms with E-state index >= 15 is 0 Å². The van der Waals surface area contributed by atoms with Gasteiger partial charge in [-0.05, 0) is 30.1 Å². The van der Waals surface area contributed by atoms with Gasteiger partial charge in [-0.25, -0.2) is 0 Å². The summed E-state index contributed by atoms with van der Waals surface area (Å²) < 4.78 is 0. The van der Waals surface area contributed by atoms with Gasteiger partial charge in [-0.3, -0.25) is 0 Å². The standard InChI is InChI=1S/C10H23P.ClH/c1-9(2)6-7-11-8-10(3,4)5;/h9,11H,6-8H2,1-5H3;1H. The summed E-state index contributed by atoms with van der Waals surface area (Å²) in [6, 6.07) is 0. The molecule has 0 rings (SSSR count). The van der Waals surface area contributed by atoms with E-state index in [-0.39, 0.29) is 12.4 Å². The lowest BCUT2D eigenvalue weighted by Gasteiger charge is -2.17. The van der Waals surface area contributed by atoms with Gasteiger partial charge in [0.25, 0.3) is 0 Å². The van der Waals surface area contributed by atoms with Crippen LogP contribution in [0.3, 0.4) is 0 Å². The van der Waals surface area contributed by atoms with Crippen LogP contribution < -0.4 is 0 Å². The monoisotopic (exact) mass is 210 g/mol. The smallest absolute Gasteiger partial charge is 0.0304 e. The minimum Gasteiger partial charge on any atom is -0.147 e. The molecule has 12 heavy (non-hydrogen) atoms. The van der Waals surface area contributed by atoms with Gasteiger partial charge in [0, 0.05) is 0 Å².